The van der Waals surface area contributed by atoms with Crippen molar-refractivity contribution >= 4 is 18.9 Å². The predicted molar refractivity (Wildman–Crippen MR) is 112 cm³/mol. The molecule has 3 aliphatic rings. The zero-order valence-corrected chi connectivity index (χ0v) is 17.4. The molecule has 144 valence electrons. The van der Waals surface area contributed by atoms with E-state index >= 15 is 0 Å². The lowest BCUT2D eigenvalue weighted by Gasteiger charge is -2.45. The molecule has 1 aromatic carbocycles. The Labute approximate surface area is 159 Å². The van der Waals surface area contributed by atoms with E-state index in [1.165, 1.54) is 83.5 Å². The summed E-state index contributed by atoms with van der Waals surface area (Å²) in [5.74, 6) is 0. The molecule has 0 saturated carbocycles. The molecular formula is C20H34N5P. The first-order valence-electron chi connectivity index (χ1n) is 10.4. The van der Waals surface area contributed by atoms with Crippen LogP contribution in [0.3, 0.4) is 0 Å². The minimum Gasteiger partial charge on any atom is -0.378 e. The first-order chi connectivity index (χ1) is 12.7. The first kappa shape index (κ1) is 18.5. The number of benzene rings is 1. The van der Waals surface area contributed by atoms with Gasteiger partial charge in [0.15, 0.2) is 7.51 Å². The van der Waals surface area contributed by atoms with Crippen LogP contribution >= 0.6 is 7.51 Å². The Morgan fingerprint density at radius 1 is 0.692 bits per heavy atom. The number of nitrogens with zero attached hydrogens (tertiary/aromatic N) is 5. The summed E-state index contributed by atoms with van der Waals surface area (Å²) in [5.41, 5.74) is 2.41. The van der Waals surface area contributed by atoms with Crippen LogP contribution in [0.1, 0.15) is 38.5 Å². The molecule has 3 fully saturated rings. The van der Waals surface area contributed by atoms with Gasteiger partial charge in [-0.25, -0.2) is 18.8 Å². The van der Waals surface area contributed by atoms with Crippen molar-refractivity contribution in [3.63, 3.8) is 0 Å². The van der Waals surface area contributed by atoms with Crippen LogP contribution in [0.25, 0.3) is 0 Å². The van der Waals surface area contributed by atoms with E-state index in [1.807, 2.05) is 0 Å². The van der Waals surface area contributed by atoms with Crippen molar-refractivity contribution in [1.29, 1.82) is 0 Å². The molecule has 0 spiro atoms. The molecule has 0 aliphatic carbocycles. The summed E-state index contributed by atoms with van der Waals surface area (Å²) in [5, 5.41) is 0. The van der Waals surface area contributed by atoms with E-state index in [0.29, 0.717) is 0 Å². The second kappa shape index (κ2) is 8.02. The zero-order chi connectivity index (χ0) is 18.0. The minimum absolute atomic E-state index is 1.16. The Morgan fingerprint density at radius 2 is 1.08 bits per heavy atom. The normalized spacial score (nSPS) is 23.0. The second-order valence-electron chi connectivity index (χ2n) is 8.03. The van der Waals surface area contributed by atoms with Crippen molar-refractivity contribution in [2.45, 2.75) is 38.5 Å². The van der Waals surface area contributed by atoms with Gasteiger partial charge in [-0.15, -0.1) is 0 Å². The van der Waals surface area contributed by atoms with Crippen LogP contribution in [0.15, 0.2) is 29.0 Å². The molecule has 0 unspecified atom stereocenters. The summed E-state index contributed by atoms with van der Waals surface area (Å²) in [6.07, 6.45) is 7.99. The van der Waals surface area contributed by atoms with Crippen molar-refractivity contribution in [3.8, 4) is 0 Å². The van der Waals surface area contributed by atoms with Crippen molar-refractivity contribution in [1.82, 2.24) is 14.0 Å². The van der Waals surface area contributed by atoms with Crippen LogP contribution < -0.4 is 4.90 Å². The van der Waals surface area contributed by atoms with Gasteiger partial charge in [0.1, 0.15) is 0 Å². The molecular weight excluding hydrogens is 341 g/mol. The third kappa shape index (κ3) is 3.47. The van der Waals surface area contributed by atoms with Gasteiger partial charge in [-0.2, -0.15) is 0 Å². The molecule has 26 heavy (non-hydrogen) atoms. The fraction of sp³-hybridized carbons (Fsp3) is 0.700. The fourth-order valence-electron chi connectivity index (χ4n) is 4.61. The van der Waals surface area contributed by atoms with Crippen LogP contribution in [-0.2, 0) is 0 Å². The van der Waals surface area contributed by atoms with Crippen molar-refractivity contribution in [2.24, 2.45) is 4.74 Å². The molecule has 0 aromatic heterocycles. The lowest BCUT2D eigenvalue weighted by atomic mass is 10.3. The Morgan fingerprint density at radius 3 is 1.42 bits per heavy atom. The van der Waals surface area contributed by atoms with Gasteiger partial charge in [0.05, 0.1) is 5.69 Å². The van der Waals surface area contributed by atoms with Gasteiger partial charge in [-0.3, -0.25) is 0 Å². The highest BCUT2D eigenvalue weighted by atomic mass is 31.2. The molecule has 1 aromatic rings. The molecule has 6 heteroatoms. The van der Waals surface area contributed by atoms with Crippen LogP contribution in [0.4, 0.5) is 11.4 Å². The van der Waals surface area contributed by atoms with Crippen molar-refractivity contribution in [2.75, 3.05) is 58.3 Å². The molecule has 3 saturated heterocycles. The van der Waals surface area contributed by atoms with Crippen molar-refractivity contribution in [3.05, 3.63) is 24.3 Å². The number of anilines is 1. The first-order valence-corrected chi connectivity index (χ1v) is 12.0. The quantitative estimate of drug-likeness (QED) is 0.702. The number of hydrogen-bond donors (Lipinski definition) is 0. The number of hydrogen-bond acceptors (Lipinski definition) is 2. The van der Waals surface area contributed by atoms with E-state index < -0.39 is 7.51 Å². The molecule has 0 N–H and O–H groups in total. The molecule has 3 aliphatic heterocycles. The maximum absolute atomic E-state index is 5.61. The highest BCUT2D eigenvalue weighted by Gasteiger charge is 2.43. The summed E-state index contributed by atoms with van der Waals surface area (Å²) in [4.78, 5) is 2.16. The van der Waals surface area contributed by atoms with Gasteiger partial charge in [0, 0.05) is 59.1 Å². The Bertz CT molecular complexity index is 591. The molecule has 4 rings (SSSR count). The molecule has 0 radical (unpaired) electrons. The van der Waals surface area contributed by atoms with Gasteiger partial charge in [0.2, 0.25) is 0 Å². The predicted octanol–water partition coefficient (Wildman–Crippen LogP) is 4.62. The van der Waals surface area contributed by atoms with E-state index in [-0.39, 0.29) is 0 Å². The van der Waals surface area contributed by atoms with Crippen LogP contribution in [0, 0.1) is 0 Å². The van der Waals surface area contributed by atoms with Crippen LogP contribution in [0.2, 0.25) is 0 Å². The van der Waals surface area contributed by atoms with E-state index in [4.69, 9.17) is 4.74 Å². The standard InChI is InChI=1S/C20H34N5P/c1-22(2)20-11-9-19(10-12-20)21-26(23-13-3-4-14-23,24-15-5-6-16-24)25-17-7-8-18-25/h9-12H,3-8,13-18H2,1-2H3. The second-order valence-corrected chi connectivity index (χ2v) is 11.0. The van der Waals surface area contributed by atoms with Crippen LogP contribution in [0.5, 0.6) is 0 Å². The molecule has 0 atom stereocenters. The smallest absolute Gasteiger partial charge is 0.172 e. The van der Waals surface area contributed by atoms with E-state index in [9.17, 15) is 0 Å². The van der Waals surface area contributed by atoms with E-state index in [1.54, 1.807) is 0 Å². The molecule has 5 nitrogen and oxygen atoms in total. The highest BCUT2D eigenvalue weighted by molar-refractivity contribution is 7.59. The summed E-state index contributed by atoms with van der Waals surface area (Å²) >= 11 is 0. The van der Waals surface area contributed by atoms with Gasteiger partial charge in [-0.05, 0) is 62.8 Å². The summed E-state index contributed by atoms with van der Waals surface area (Å²) < 4.78 is 14.0. The average molecular weight is 376 g/mol. The lowest BCUT2D eigenvalue weighted by Crippen LogP contribution is -2.38. The minimum atomic E-state index is -1.79. The van der Waals surface area contributed by atoms with E-state index in [0.717, 1.165) is 5.69 Å². The Hall–Kier alpha value is -0.870. The van der Waals surface area contributed by atoms with Gasteiger partial charge >= 0.3 is 0 Å². The average Bonchev–Trinajstić information content (AvgIpc) is 3.44. The molecule has 0 amide bonds. The van der Waals surface area contributed by atoms with Gasteiger partial charge in [0.25, 0.3) is 0 Å². The van der Waals surface area contributed by atoms with Gasteiger partial charge in [-0.1, -0.05) is 0 Å². The lowest BCUT2D eigenvalue weighted by molar-refractivity contribution is 0.384. The molecule has 0 bridgehead atoms. The van der Waals surface area contributed by atoms with Gasteiger partial charge < -0.3 is 4.90 Å². The van der Waals surface area contributed by atoms with E-state index in [2.05, 4.69) is 57.3 Å². The van der Waals surface area contributed by atoms with Crippen molar-refractivity contribution < 1.29 is 0 Å². The summed E-state index contributed by atoms with van der Waals surface area (Å²) in [6, 6.07) is 8.88. The third-order valence-electron chi connectivity index (χ3n) is 6.00. The summed E-state index contributed by atoms with van der Waals surface area (Å²) in [7, 11) is 2.41. The largest absolute Gasteiger partial charge is 0.378 e. The van der Waals surface area contributed by atoms with Crippen LogP contribution in [-0.4, -0.2) is 67.4 Å². The third-order valence-corrected chi connectivity index (χ3v) is 9.98. The zero-order valence-electron chi connectivity index (χ0n) is 16.5. The maximum Gasteiger partial charge on any atom is 0.172 e. The SMILES string of the molecule is CN(C)c1ccc(N=P(N2CCCC2)(N2CCCC2)N2CCCC2)cc1. The molecule has 3 heterocycles. The fourth-order valence-corrected chi connectivity index (χ4v) is 8.96. The Balaban J connectivity index is 1.79. The highest BCUT2D eigenvalue weighted by Crippen LogP contribution is 2.64. The summed E-state index contributed by atoms with van der Waals surface area (Å²) in [6.45, 7) is 7.33. The number of rotatable bonds is 5. The Kier molecular flexibility index (Phi) is 5.70. The topological polar surface area (TPSA) is 25.3 Å². The maximum atomic E-state index is 5.61. The monoisotopic (exact) mass is 375 g/mol.